The second-order valence-electron chi connectivity index (χ2n) is 10.4. The van der Waals surface area contributed by atoms with Crippen LogP contribution >= 0.6 is 0 Å². The maximum absolute atomic E-state index is 13.7. The number of aliphatic hydroxyl groups excluding tert-OH is 1. The molecule has 0 saturated heterocycles. The summed E-state index contributed by atoms with van der Waals surface area (Å²) in [6.45, 7) is 5.16. The lowest BCUT2D eigenvalue weighted by Crippen LogP contribution is -2.50. The van der Waals surface area contributed by atoms with Gasteiger partial charge < -0.3 is 19.3 Å². The predicted molar refractivity (Wildman–Crippen MR) is 153 cm³/mol. The van der Waals surface area contributed by atoms with Crippen molar-refractivity contribution in [2.75, 3.05) is 31.5 Å². The molecule has 0 unspecified atom stereocenters. The van der Waals surface area contributed by atoms with E-state index in [0.29, 0.717) is 0 Å². The van der Waals surface area contributed by atoms with Crippen molar-refractivity contribution >= 4 is 31.6 Å². The number of sulfonamides is 2. The van der Waals surface area contributed by atoms with Crippen LogP contribution in [-0.2, 0) is 27.1 Å². The van der Waals surface area contributed by atoms with Gasteiger partial charge in [0.15, 0.2) is 10.8 Å². The van der Waals surface area contributed by atoms with E-state index in [4.69, 9.17) is 4.74 Å². The highest BCUT2D eigenvalue weighted by Crippen LogP contribution is 2.36. The molecule has 12 nitrogen and oxygen atoms in total. The highest BCUT2D eigenvalue weighted by atomic mass is 32.2. The van der Waals surface area contributed by atoms with Gasteiger partial charge in [0, 0.05) is 32.8 Å². The van der Waals surface area contributed by atoms with Crippen LogP contribution in [0, 0.1) is 12.8 Å². The molecule has 41 heavy (non-hydrogen) atoms. The van der Waals surface area contributed by atoms with Crippen LogP contribution in [0.25, 0.3) is 0 Å². The average Bonchev–Trinajstić information content (AvgIpc) is 3.38. The molecular weight excluding hydrogens is 570 g/mol. The Morgan fingerprint density at radius 1 is 1.17 bits per heavy atom. The van der Waals surface area contributed by atoms with Gasteiger partial charge in [-0.3, -0.25) is 9.52 Å². The van der Waals surface area contributed by atoms with E-state index < -0.39 is 44.0 Å². The fourth-order valence-corrected chi connectivity index (χ4v) is 6.74. The molecule has 222 valence electrons. The fraction of sp³-hybridized carbons (Fsp3) is 0.407. The van der Waals surface area contributed by atoms with Gasteiger partial charge in [0.1, 0.15) is 6.10 Å². The maximum Gasteiger partial charge on any atom is 0.281 e. The number of nitrogens with zero attached hydrogens (tertiary/aromatic N) is 4. The van der Waals surface area contributed by atoms with Gasteiger partial charge in [0.05, 0.1) is 41.7 Å². The molecule has 3 aromatic rings. The number of ether oxygens (including phenoxy) is 1. The van der Waals surface area contributed by atoms with Crippen LogP contribution in [0.15, 0.2) is 64.9 Å². The number of aromatic nitrogens is 2. The van der Waals surface area contributed by atoms with E-state index in [1.54, 1.807) is 26.1 Å². The first-order chi connectivity index (χ1) is 19.2. The van der Waals surface area contributed by atoms with Crippen molar-refractivity contribution in [3.05, 3.63) is 66.1 Å². The molecule has 14 heteroatoms. The molecule has 4 rings (SSSR count). The smallest absolute Gasteiger partial charge is 0.281 e. The summed E-state index contributed by atoms with van der Waals surface area (Å²) in [6, 6.07) is 10.4. The predicted octanol–water partition coefficient (Wildman–Crippen LogP) is 2.07. The van der Waals surface area contributed by atoms with Crippen molar-refractivity contribution in [2.45, 2.75) is 42.8 Å². The molecule has 0 radical (unpaired) electrons. The molecule has 1 amide bonds. The molecule has 2 aromatic carbocycles. The van der Waals surface area contributed by atoms with Gasteiger partial charge in [-0.25, -0.2) is 13.4 Å². The first-order valence-corrected chi connectivity index (χ1v) is 15.9. The lowest BCUT2D eigenvalue weighted by molar-refractivity contribution is 0.0389. The molecule has 2 N–H and O–H groups in total. The van der Waals surface area contributed by atoms with E-state index in [0.717, 1.165) is 5.56 Å². The van der Waals surface area contributed by atoms with Gasteiger partial charge in [-0.2, -0.15) is 12.7 Å². The highest BCUT2D eigenvalue weighted by molar-refractivity contribution is 7.92. The van der Waals surface area contributed by atoms with Crippen LogP contribution in [0.3, 0.4) is 0 Å². The highest BCUT2D eigenvalue weighted by Gasteiger charge is 2.36. The number of carbonyl (C=O) groups is 1. The first-order valence-electron chi connectivity index (χ1n) is 13.0. The van der Waals surface area contributed by atoms with Crippen LogP contribution in [-0.4, -0.2) is 85.5 Å². The molecule has 1 aliphatic heterocycles. The fourth-order valence-electron chi connectivity index (χ4n) is 4.51. The minimum atomic E-state index is -4.15. The summed E-state index contributed by atoms with van der Waals surface area (Å²) in [5.74, 6) is -0.895. The van der Waals surface area contributed by atoms with Crippen molar-refractivity contribution in [2.24, 2.45) is 13.0 Å². The number of aliphatic hydroxyl groups is 1. The molecular formula is C27H35N5O7S2. The number of anilines is 1. The molecule has 0 saturated carbocycles. The number of nitrogens with one attached hydrogen (secondary N) is 1. The number of carbonyl (C=O) groups excluding carboxylic acids is 1. The summed E-state index contributed by atoms with van der Waals surface area (Å²) in [7, 11) is -4.95. The number of rotatable bonds is 9. The third kappa shape index (κ3) is 6.40. The van der Waals surface area contributed by atoms with E-state index >= 15 is 0 Å². The zero-order valence-electron chi connectivity index (χ0n) is 23.6. The van der Waals surface area contributed by atoms with E-state index in [1.807, 2.05) is 13.8 Å². The third-order valence-electron chi connectivity index (χ3n) is 7.06. The number of hydrogen-bond acceptors (Lipinski definition) is 8. The average molecular weight is 606 g/mol. The van der Waals surface area contributed by atoms with Crippen LogP contribution in [0.2, 0.25) is 0 Å². The second kappa shape index (κ2) is 11.8. The largest absolute Gasteiger partial charge is 0.486 e. The van der Waals surface area contributed by atoms with E-state index in [9.17, 15) is 26.7 Å². The van der Waals surface area contributed by atoms with E-state index in [2.05, 4.69) is 9.71 Å². The van der Waals surface area contributed by atoms with Crippen molar-refractivity contribution in [1.29, 1.82) is 0 Å². The van der Waals surface area contributed by atoms with Gasteiger partial charge in [-0.1, -0.05) is 30.7 Å². The van der Waals surface area contributed by atoms with Crippen molar-refractivity contribution < 1.29 is 31.5 Å². The quantitative estimate of drug-likeness (QED) is 0.376. The van der Waals surface area contributed by atoms with Crippen LogP contribution in [0.4, 0.5) is 5.69 Å². The number of aryl methyl sites for hydroxylation is 2. The number of hydrogen-bond donors (Lipinski definition) is 2. The third-order valence-corrected chi connectivity index (χ3v) is 10.1. The summed E-state index contributed by atoms with van der Waals surface area (Å²) in [5, 5.41) is 9.66. The zero-order valence-corrected chi connectivity index (χ0v) is 25.2. The van der Waals surface area contributed by atoms with E-state index in [1.165, 1.54) is 63.7 Å². The molecule has 0 aliphatic carbocycles. The summed E-state index contributed by atoms with van der Waals surface area (Å²) >= 11 is 0. The van der Waals surface area contributed by atoms with Crippen molar-refractivity contribution in [1.82, 2.24) is 18.8 Å². The molecule has 0 spiro atoms. The first kappa shape index (κ1) is 30.5. The number of fused-ring (bicyclic) bond motifs is 1. The minimum absolute atomic E-state index is 0.00116. The lowest BCUT2D eigenvalue weighted by Gasteiger charge is -2.38. The minimum Gasteiger partial charge on any atom is -0.486 e. The Labute approximate surface area is 240 Å². The molecule has 0 fully saturated rings. The lowest BCUT2D eigenvalue weighted by atomic mass is 9.99. The molecule has 0 bridgehead atoms. The summed E-state index contributed by atoms with van der Waals surface area (Å²) < 4.78 is 64.5. The number of amides is 1. The Bertz CT molecular complexity index is 1620. The Balaban J connectivity index is 1.76. The molecule has 3 atom stereocenters. The monoisotopic (exact) mass is 605 g/mol. The SMILES string of the molecule is Cc1ccc(S(=O)(=O)N(C)C[C@H]2Oc3c(NS(=O)(=O)c4cn(C)cn4)cccc3C(=O)N([C@@H](C)CO)C[C@@H]2C)cc1. The van der Waals surface area contributed by atoms with Crippen LogP contribution < -0.4 is 9.46 Å². The van der Waals surface area contributed by atoms with Gasteiger partial charge in [0.2, 0.25) is 10.0 Å². The molecule has 1 aliphatic rings. The number of imidazole rings is 1. The zero-order chi connectivity index (χ0) is 30.1. The normalized spacial score (nSPS) is 18.8. The second-order valence-corrected chi connectivity index (χ2v) is 14.1. The van der Waals surface area contributed by atoms with Gasteiger partial charge in [0.25, 0.3) is 15.9 Å². The Morgan fingerprint density at radius 2 is 1.85 bits per heavy atom. The van der Waals surface area contributed by atoms with E-state index in [-0.39, 0.29) is 46.6 Å². The summed E-state index contributed by atoms with van der Waals surface area (Å²) in [5.41, 5.74) is 0.998. The molecule has 2 heterocycles. The number of para-hydroxylation sites is 1. The Kier molecular flexibility index (Phi) is 8.78. The number of benzene rings is 2. The van der Waals surface area contributed by atoms with Crippen LogP contribution in [0.5, 0.6) is 5.75 Å². The summed E-state index contributed by atoms with van der Waals surface area (Å²) in [6.07, 6.45) is 1.89. The molecule has 1 aromatic heterocycles. The topological polar surface area (TPSA) is 151 Å². The Hall–Kier alpha value is -3.46. The van der Waals surface area contributed by atoms with Crippen LogP contribution in [0.1, 0.15) is 29.8 Å². The maximum atomic E-state index is 13.7. The standard InChI is InChI=1S/C27H35N5O7S2/c1-18-9-11-21(12-10-18)41(37,38)31(5)14-24-19(2)13-32(20(3)16-33)27(34)22-7-6-8-23(26(22)39-24)29-40(35,36)25-15-30(4)17-28-25/h6-12,15,17,19-20,24,29,33H,13-14,16H2,1-5H3/t19-,20-,24+/m0/s1. The Morgan fingerprint density at radius 3 is 2.46 bits per heavy atom. The summed E-state index contributed by atoms with van der Waals surface area (Å²) in [4.78, 5) is 19.2. The number of likely N-dealkylation sites (N-methyl/N-ethyl adjacent to an activating group) is 1. The van der Waals surface area contributed by atoms with Crippen molar-refractivity contribution in [3.63, 3.8) is 0 Å². The van der Waals surface area contributed by atoms with Gasteiger partial charge in [-0.05, 0) is 38.1 Å². The van der Waals surface area contributed by atoms with Gasteiger partial charge >= 0.3 is 0 Å². The van der Waals surface area contributed by atoms with Crippen molar-refractivity contribution in [3.8, 4) is 5.75 Å². The van der Waals surface area contributed by atoms with Gasteiger partial charge in [-0.15, -0.1) is 0 Å².